The zero-order valence-electron chi connectivity index (χ0n) is 61.3. The van der Waals surface area contributed by atoms with Crippen LogP contribution in [-0.4, -0.2) is 174 Å². The lowest BCUT2D eigenvalue weighted by Gasteiger charge is -2.67. The van der Waals surface area contributed by atoms with E-state index in [1.807, 2.05) is 78.9 Å². The summed E-state index contributed by atoms with van der Waals surface area (Å²) in [5, 5.41) is 34.7. The summed E-state index contributed by atoms with van der Waals surface area (Å²) in [6.45, 7) is 8.37. The van der Waals surface area contributed by atoms with Crippen LogP contribution in [0.15, 0.2) is 193 Å². The molecule has 4 aliphatic rings. The molecule has 26 heteroatoms. The van der Waals surface area contributed by atoms with Crippen LogP contribution in [0.4, 0.5) is 19.2 Å². The Bertz CT molecular complexity index is 4160. The van der Waals surface area contributed by atoms with Crippen molar-refractivity contribution in [2.45, 2.75) is 154 Å². The number of fused-ring (bicyclic) bond motifs is 5. The first-order valence-electron chi connectivity index (χ1n) is 36.2. The summed E-state index contributed by atoms with van der Waals surface area (Å²) >= 11 is 0. The van der Waals surface area contributed by atoms with Crippen LogP contribution < -0.4 is 16.0 Å². The van der Waals surface area contributed by atoms with Crippen LogP contribution >= 0.6 is 0 Å². The lowest BCUT2D eigenvalue weighted by molar-refractivity contribution is -0.345. The molecule has 11 atom stereocenters. The van der Waals surface area contributed by atoms with Gasteiger partial charge in [0.1, 0.15) is 49.8 Å². The third kappa shape index (κ3) is 18.7. The first kappa shape index (κ1) is 79.6. The van der Waals surface area contributed by atoms with Gasteiger partial charge in [0, 0.05) is 76.9 Å². The van der Waals surface area contributed by atoms with E-state index in [0.29, 0.717) is 24.8 Å². The average molecular weight is 1480 g/mol. The van der Waals surface area contributed by atoms with Crippen molar-refractivity contribution in [3.05, 3.63) is 227 Å². The number of carbonyl (C=O) groups is 10. The van der Waals surface area contributed by atoms with Gasteiger partial charge in [0.15, 0.2) is 23.6 Å². The zero-order valence-corrected chi connectivity index (χ0v) is 61.3. The number of hydrogen-bond acceptors (Lipinski definition) is 21. The number of aliphatic hydroxyl groups is 2. The fourth-order valence-electron chi connectivity index (χ4n) is 15.0. The minimum absolute atomic E-state index is 0.0143. The third-order valence-corrected chi connectivity index (χ3v) is 20.7. The summed E-state index contributed by atoms with van der Waals surface area (Å²) in [6.07, 6.45) is -13.4. The highest BCUT2D eigenvalue weighted by molar-refractivity contribution is 5.97. The van der Waals surface area contributed by atoms with Gasteiger partial charge in [-0.15, -0.1) is 0 Å². The molecule has 572 valence electrons. The zero-order chi connectivity index (χ0) is 77.2. The summed E-state index contributed by atoms with van der Waals surface area (Å²) in [5.74, 6) is -7.55. The van der Waals surface area contributed by atoms with Gasteiger partial charge in [0.25, 0.3) is 5.91 Å². The fraction of sp³-hybridized carbons (Fsp3) is 0.415. The number of unbranched alkanes of at least 4 members (excludes halogenated alkanes) is 1. The van der Waals surface area contributed by atoms with Crippen molar-refractivity contribution in [1.82, 2.24) is 25.8 Å². The second-order valence-electron chi connectivity index (χ2n) is 28.1. The molecule has 1 aliphatic heterocycles. The van der Waals surface area contributed by atoms with Gasteiger partial charge in [-0.2, -0.15) is 0 Å². The van der Waals surface area contributed by atoms with Crippen molar-refractivity contribution >= 4 is 59.9 Å². The topological polar surface area (TPSA) is 337 Å². The van der Waals surface area contributed by atoms with E-state index in [1.165, 1.54) is 49.6 Å². The molecule has 26 nitrogen and oxygen atoms in total. The summed E-state index contributed by atoms with van der Waals surface area (Å²) in [7, 11) is 0. The average Bonchev–Trinajstić information content (AvgIpc) is 0.667. The minimum atomic E-state index is -2.58. The van der Waals surface area contributed by atoms with Crippen molar-refractivity contribution in [3.63, 3.8) is 0 Å². The Hall–Kier alpha value is -11.0. The number of nitrogens with zero attached hydrogens (tertiary/aromatic N) is 2. The van der Waals surface area contributed by atoms with Gasteiger partial charge in [-0.05, 0) is 97.2 Å². The number of esters is 4. The molecule has 1 heterocycles. The maximum absolute atomic E-state index is 16.7. The SMILES string of the molecule is CC(=O)O[C@H]1C(=O)[C@]2(C)[C@@H](OC(=O)NCCCN(CCCCN(CCCNC(=O)OCc3ccccc3)C(=O)OCc3ccccc3)C(=O)OCc3ccccc3)C[C@H]3OC[C@@]3(OC(C)=O)[C@H]2[C@H](OC(=O)c2ccccc2)[C@]2(O)C[C@H](OC(=O)[C@H](O)[C@@H](NC(=O)c3ccccc3)c3ccccc3)C(C)=C1C2(C)C. The Balaban J connectivity index is 0.902. The van der Waals surface area contributed by atoms with E-state index in [4.69, 9.17) is 42.6 Å². The summed E-state index contributed by atoms with van der Waals surface area (Å²) in [5.41, 5.74) is -5.85. The van der Waals surface area contributed by atoms with Crippen LogP contribution in [0.3, 0.4) is 0 Å². The first-order chi connectivity index (χ1) is 51.8. The van der Waals surface area contributed by atoms with Gasteiger partial charge in [-0.3, -0.25) is 19.2 Å². The van der Waals surface area contributed by atoms with Gasteiger partial charge in [0.05, 0.1) is 29.5 Å². The van der Waals surface area contributed by atoms with Crippen LogP contribution in [0.1, 0.15) is 129 Å². The second-order valence-corrected chi connectivity index (χ2v) is 28.1. The predicted molar refractivity (Wildman–Crippen MR) is 389 cm³/mol. The number of amides is 5. The van der Waals surface area contributed by atoms with E-state index < -0.39 is 144 Å². The molecular weight excluding hydrogens is 1390 g/mol. The molecule has 6 aromatic rings. The quantitative estimate of drug-likeness (QED) is 0.0121. The molecule has 0 radical (unpaired) electrons. The van der Waals surface area contributed by atoms with Crippen LogP contribution in [-0.2, 0) is 81.6 Å². The molecule has 10 rings (SSSR count). The maximum Gasteiger partial charge on any atom is 0.410 e. The Morgan fingerprint density at radius 1 is 0.574 bits per heavy atom. The van der Waals surface area contributed by atoms with Crippen LogP contribution in [0.2, 0.25) is 0 Å². The summed E-state index contributed by atoms with van der Waals surface area (Å²) < 4.78 is 54.8. The first-order valence-corrected chi connectivity index (χ1v) is 36.2. The number of ether oxygens (including phenoxy) is 9. The molecule has 2 saturated carbocycles. The van der Waals surface area contributed by atoms with Gasteiger partial charge >= 0.3 is 48.3 Å². The lowest BCUT2D eigenvalue weighted by atomic mass is 9.44. The van der Waals surface area contributed by atoms with Crippen molar-refractivity contribution in [2.75, 3.05) is 45.9 Å². The van der Waals surface area contributed by atoms with E-state index in [2.05, 4.69) is 16.0 Å². The predicted octanol–water partition coefficient (Wildman–Crippen LogP) is 10.2. The van der Waals surface area contributed by atoms with E-state index in [0.717, 1.165) is 30.5 Å². The second kappa shape index (κ2) is 36.1. The lowest BCUT2D eigenvalue weighted by Crippen LogP contribution is -2.82. The molecule has 2 bridgehead atoms. The molecule has 0 aromatic heterocycles. The number of Topliss-reactive ketones (excluding diaryl/α,β-unsaturated/α-hetero) is 1. The minimum Gasteiger partial charge on any atom is -0.456 e. The number of ketones is 1. The monoisotopic (exact) mass is 1480 g/mol. The Morgan fingerprint density at radius 2 is 1.05 bits per heavy atom. The number of benzene rings is 6. The summed E-state index contributed by atoms with van der Waals surface area (Å²) in [6, 6.07) is 50.0. The molecule has 6 aromatic carbocycles. The Kier molecular flexibility index (Phi) is 26.6. The van der Waals surface area contributed by atoms with Crippen molar-refractivity contribution in [3.8, 4) is 0 Å². The molecule has 0 unspecified atom stereocenters. The van der Waals surface area contributed by atoms with Crippen molar-refractivity contribution < 1.29 is 101 Å². The van der Waals surface area contributed by atoms with E-state index in [9.17, 15) is 53.4 Å². The van der Waals surface area contributed by atoms with Gasteiger partial charge < -0.3 is 78.6 Å². The third-order valence-electron chi connectivity index (χ3n) is 20.7. The van der Waals surface area contributed by atoms with Gasteiger partial charge in [0.2, 0.25) is 0 Å². The number of nitrogens with one attached hydrogen (secondary N) is 3. The smallest absolute Gasteiger partial charge is 0.410 e. The highest BCUT2D eigenvalue weighted by Crippen LogP contribution is 2.65. The highest BCUT2D eigenvalue weighted by Gasteiger charge is 2.79. The molecule has 3 fully saturated rings. The van der Waals surface area contributed by atoms with E-state index >= 15 is 4.79 Å². The fourth-order valence-corrected chi connectivity index (χ4v) is 15.0. The van der Waals surface area contributed by atoms with Crippen LogP contribution in [0.5, 0.6) is 0 Å². The van der Waals surface area contributed by atoms with Crippen LogP contribution in [0.25, 0.3) is 0 Å². The standard InChI is InChI=1S/C82H93N5O21/c1-53-62(105-74(94)67(90)66(59-35-19-10-20-36-59)85-72(92)60-37-21-11-22-38-60)48-82(99)71(107-73(93)61-39-23-12-24-40-61)69-80(6,70(91)68(104-54(2)88)65(53)79(82,4)5)63(47-64-81(69,52-103-64)108-55(3)89)106-76(96)84-42-28-46-87(78(98)102-51-58-33-17-9-18-34-58)44-26-25-43-86(77(97)101-50-57-31-15-8-16-32-57)45-27-41-83-75(95)100-49-56-29-13-7-14-30-56/h7-24,29-40,62-64,66-69,71,90,99H,25-28,41-52H2,1-6H3,(H,83,95)(H,84,96)(H,85,92)/t62-,63-,64+,66-,67+,68+,69-,71-,80+,81-,82+/m0/s1. The molecule has 5 amide bonds. The molecule has 0 spiro atoms. The molecular formula is C82H93N5O21. The highest BCUT2D eigenvalue weighted by atomic mass is 16.6. The number of aliphatic hydroxyl groups excluding tert-OH is 1. The maximum atomic E-state index is 16.7. The molecule has 108 heavy (non-hydrogen) atoms. The van der Waals surface area contributed by atoms with Crippen molar-refractivity contribution in [2.24, 2.45) is 16.7 Å². The van der Waals surface area contributed by atoms with Gasteiger partial charge in [-0.1, -0.05) is 172 Å². The summed E-state index contributed by atoms with van der Waals surface area (Å²) in [4.78, 5) is 146. The van der Waals surface area contributed by atoms with Gasteiger partial charge in [-0.25, -0.2) is 28.8 Å². The van der Waals surface area contributed by atoms with E-state index in [-0.39, 0.29) is 94.2 Å². The Labute approximate surface area is 626 Å². The number of alkyl carbamates (subject to hydrolysis) is 2. The normalized spacial score (nSPS) is 22.8. The number of hydrogen-bond donors (Lipinski definition) is 5. The van der Waals surface area contributed by atoms with E-state index in [1.54, 1.807) is 91.0 Å². The Morgan fingerprint density at radius 3 is 1.54 bits per heavy atom. The van der Waals surface area contributed by atoms with Crippen LogP contribution in [0, 0.1) is 16.7 Å². The molecule has 1 saturated heterocycles. The molecule has 3 aliphatic carbocycles. The van der Waals surface area contributed by atoms with Crippen molar-refractivity contribution in [1.29, 1.82) is 0 Å². The molecule has 5 N–H and O–H groups in total. The number of carbonyl (C=O) groups excluding carboxylic acids is 10. The number of rotatable bonds is 30. The largest absolute Gasteiger partial charge is 0.456 e.